The van der Waals surface area contributed by atoms with E-state index < -0.39 is 7.27 Å². The molecule has 0 atom stereocenters. The molecule has 86 valence electrons. The zero-order valence-electron chi connectivity index (χ0n) is 9.70. The Morgan fingerprint density at radius 3 is 1.82 bits per heavy atom. The molecule has 17 heavy (non-hydrogen) atoms. The van der Waals surface area contributed by atoms with Gasteiger partial charge in [-0.05, 0) is 38.1 Å². The molecule has 0 bridgehead atoms. The van der Waals surface area contributed by atoms with Crippen molar-refractivity contribution in [3.8, 4) is 11.5 Å². The van der Waals surface area contributed by atoms with Gasteiger partial charge in [0.1, 0.15) is 11.5 Å². The van der Waals surface area contributed by atoms with Gasteiger partial charge in [-0.3, -0.25) is 0 Å². The topological polar surface area (TPSA) is 9.23 Å². The maximum Gasteiger partial charge on any atom is 0.136 e. The third-order valence-electron chi connectivity index (χ3n) is 2.87. The zero-order chi connectivity index (χ0) is 12.0. The van der Waals surface area contributed by atoms with Crippen LogP contribution in [0.5, 0.6) is 11.5 Å². The molecule has 0 aromatic heterocycles. The smallest absolute Gasteiger partial charge is 0.136 e. The lowest BCUT2D eigenvalue weighted by atomic mass is 10.2. The van der Waals surface area contributed by atoms with E-state index in [9.17, 15) is 0 Å². The molecule has 1 heterocycles. The summed E-state index contributed by atoms with van der Waals surface area (Å²) < 4.78 is 5.89. The Kier molecular flexibility index (Phi) is 2.61. The van der Waals surface area contributed by atoms with Crippen molar-refractivity contribution < 1.29 is 4.74 Å². The summed E-state index contributed by atoms with van der Waals surface area (Å²) in [5.74, 6) is 1.79. The van der Waals surface area contributed by atoms with Crippen LogP contribution in [0.1, 0.15) is 11.1 Å². The van der Waals surface area contributed by atoms with Gasteiger partial charge in [-0.1, -0.05) is 34.5 Å². The van der Waals surface area contributed by atoms with E-state index in [1.807, 2.05) is 12.1 Å². The van der Waals surface area contributed by atoms with Gasteiger partial charge in [0.15, 0.2) is 0 Å². The number of hydrogen-bond acceptors (Lipinski definition) is 1. The van der Waals surface area contributed by atoms with Crippen molar-refractivity contribution in [1.29, 1.82) is 0 Å². The van der Waals surface area contributed by atoms with Crippen LogP contribution >= 0.6 is 18.5 Å². The maximum atomic E-state index is 6.61. The van der Waals surface area contributed by atoms with Gasteiger partial charge in [-0.25, -0.2) is 0 Å². The highest BCUT2D eigenvalue weighted by Gasteiger charge is 2.25. The van der Waals surface area contributed by atoms with Crippen LogP contribution in [0.4, 0.5) is 0 Å². The number of hydrogen-bond donors (Lipinski definition) is 0. The third-order valence-corrected chi connectivity index (χ3v) is 5.51. The molecule has 3 heteroatoms. The first-order valence-corrected chi connectivity index (χ1v) is 7.75. The van der Waals surface area contributed by atoms with E-state index in [4.69, 9.17) is 16.0 Å². The van der Waals surface area contributed by atoms with E-state index in [0.29, 0.717) is 0 Å². The molecule has 1 aliphatic heterocycles. The van der Waals surface area contributed by atoms with Gasteiger partial charge in [0, 0.05) is 10.6 Å². The summed E-state index contributed by atoms with van der Waals surface area (Å²) in [5, 5.41) is 2.25. The Morgan fingerprint density at radius 1 is 0.882 bits per heavy atom. The summed E-state index contributed by atoms with van der Waals surface area (Å²) in [6, 6.07) is 12.4. The first kappa shape index (κ1) is 11.1. The monoisotopic (exact) mass is 262 g/mol. The molecule has 0 aliphatic carbocycles. The van der Waals surface area contributed by atoms with Crippen LogP contribution in [0, 0.1) is 13.8 Å². The lowest BCUT2D eigenvalue weighted by Gasteiger charge is -2.24. The van der Waals surface area contributed by atoms with E-state index in [1.165, 1.54) is 11.1 Å². The van der Waals surface area contributed by atoms with Crippen molar-refractivity contribution in [2.45, 2.75) is 13.8 Å². The average Bonchev–Trinajstić information content (AvgIpc) is 2.32. The molecule has 0 radical (unpaired) electrons. The standard InChI is InChI=1S/C14H12ClOP/c1-9-3-5-11-13(7-9)17(15)14-8-10(2)4-6-12(14)16-11/h3-8H,1-2H3. The molecule has 1 aliphatic rings. The highest BCUT2D eigenvalue weighted by molar-refractivity contribution is 7.96. The van der Waals surface area contributed by atoms with Gasteiger partial charge in [0.05, 0.1) is 7.27 Å². The third kappa shape index (κ3) is 1.84. The van der Waals surface area contributed by atoms with Crippen LogP contribution in [0.2, 0.25) is 0 Å². The molecule has 1 nitrogen and oxygen atoms in total. The van der Waals surface area contributed by atoms with Crippen molar-refractivity contribution in [2.75, 3.05) is 0 Å². The molecule has 0 saturated carbocycles. The second kappa shape index (κ2) is 4.01. The number of ether oxygens (including phenoxy) is 1. The molecule has 2 aromatic carbocycles. The van der Waals surface area contributed by atoms with Crippen molar-refractivity contribution in [3.63, 3.8) is 0 Å². The predicted octanol–water partition coefficient (Wildman–Crippen LogP) is 4.00. The number of rotatable bonds is 0. The van der Waals surface area contributed by atoms with Crippen LogP contribution in [0.3, 0.4) is 0 Å². The Labute approximate surface area is 107 Å². The highest BCUT2D eigenvalue weighted by Crippen LogP contribution is 2.49. The van der Waals surface area contributed by atoms with E-state index in [1.54, 1.807) is 0 Å². The minimum absolute atomic E-state index is 0.809. The fourth-order valence-corrected chi connectivity index (χ4v) is 4.30. The number of benzene rings is 2. The molecule has 0 spiro atoms. The Bertz CT molecular complexity index is 543. The zero-order valence-corrected chi connectivity index (χ0v) is 11.3. The molecule has 0 fully saturated rings. The normalized spacial score (nSPS) is 13.8. The first-order chi connectivity index (χ1) is 8.15. The van der Waals surface area contributed by atoms with E-state index >= 15 is 0 Å². The van der Waals surface area contributed by atoms with Crippen LogP contribution in [-0.2, 0) is 0 Å². The van der Waals surface area contributed by atoms with Crippen molar-refractivity contribution in [2.24, 2.45) is 0 Å². The summed E-state index contributed by atoms with van der Waals surface area (Å²) in [6.45, 7) is 4.15. The average molecular weight is 263 g/mol. The van der Waals surface area contributed by atoms with Crippen molar-refractivity contribution in [3.05, 3.63) is 47.5 Å². The molecule has 0 unspecified atom stereocenters. The quantitative estimate of drug-likeness (QED) is 0.652. The second-order valence-corrected chi connectivity index (χ2v) is 6.86. The van der Waals surface area contributed by atoms with E-state index in [0.717, 1.165) is 22.1 Å². The number of aryl methyl sites for hydroxylation is 2. The predicted molar refractivity (Wildman–Crippen MR) is 74.5 cm³/mol. The van der Waals surface area contributed by atoms with Gasteiger partial charge >= 0.3 is 0 Å². The SMILES string of the molecule is Cc1ccc2c(c1)P(Cl)c1cc(C)ccc1O2. The summed E-state index contributed by atoms with van der Waals surface area (Å²) in [5.41, 5.74) is 2.44. The second-order valence-electron chi connectivity index (χ2n) is 4.33. The fraction of sp³-hybridized carbons (Fsp3) is 0.143. The van der Waals surface area contributed by atoms with E-state index in [2.05, 4.69) is 38.1 Å². The van der Waals surface area contributed by atoms with Gasteiger partial charge in [-0.2, -0.15) is 0 Å². The van der Waals surface area contributed by atoms with E-state index in [-0.39, 0.29) is 0 Å². The van der Waals surface area contributed by atoms with Gasteiger partial charge in [0.2, 0.25) is 0 Å². The fourth-order valence-electron chi connectivity index (χ4n) is 1.98. The minimum Gasteiger partial charge on any atom is -0.456 e. The molecule has 3 rings (SSSR count). The Morgan fingerprint density at radius 2 is 1.35 bits per heavy atom. The largest absolute Gasteiger partial charge is 0.456 e. The maximum absolute atomic E-state index is 6.61. The van der Waals surface area contributed by atoms with Crippen LogP contribution in [-0.4, -0.2) is 0 Å². The van der Waals surface area contributed by atoms with Crippen molar-refractivity contribution >= 4 is 29.1 Å². The molecular formula is C14H12ClOP. The first-order valence-electron chi connectivity index (χ1n) is 5.50. The molecular weight excluding hydrogens is 251 g/mol. The Hall–Kier alpha value is -1.04. The van der Waals surface area contributed by atoms with Crippen LogP contribution < -0.4 is 15.3 Å². The van der Waals surface area contributed by atoms with Crippen molar-refractivity contribution in [1.82, 2.24) is 0 Å². The van der Waals surface area contributed by atoms with Crippen LogP contribution in [0.25, 0.3) is 0 Å². The molecule has 2 aromatic rings. The summed E-state index contributed by atoms with van der Waals surface area (Å²) in [6.07, 6.45) is 0. The minimum atomic E-state index is -0.809. The van der Waals surface area contributed by atoms with Gasteiger partial charge < -0.3 is 4.74 Å². The highest BCUT2D eigenvalue weighted by atomic mass is 35.7. The molecule has 0 saturated heterocycles. The lowest BCUT2D eigenvalue weighted by molar-refractivity contribution is 0.488. The van der Waals surface area contributed by atoms with Gasteiger partial charge in [0.25, 0.3) is 0 Å². The molecule has 0 amide bonds. The summed E-state index contributed by atoms with van der Waals surface area (Å²) in [7, 11) is -0.809. The summed E-state index contributed by atoms with van der Waals surface area (Å²) >= 11 is 6.61. The van der Waals surface area contributed by atoms with Gasteiger partial charge in [-0.15, -0.1) is 0 Å². The Balaban J connectivity index is 2.18. The summed E-state index contributed by atoms with van der Waals surface area (Å²) in [4.78, 5) is 0. The number of fused-ring (bicyclic) bond motifs is 2. The van der Waals surface area contributed by atoms with Crippen LogP contribution in [0.15, 0.2) is 36.4 Å². The number of halogens is 1. The molecule has 0 N–H and O–H groups in total. The lowest BCUT2D eigenvalue weighted by Crippen LogP contribution is -2.19.